The molecule has 0 radical (unpaired) electrons. The van der Waals surface area contributed by atoms with Crippen molar-refractivity contribution in [1.82, 2.24) is 5.32 Å². The number of hydrogen-bond acceptors (Lipinski definition) is 2. The largest absolute Gasteiger partial charge is 0.368 e. The van der Waals surface area contributed by atoms with Gasteiger partial charge >= 0.3 is 0 Å². The van der Waals surface area contributed by atoms with Crippen molar-refractivity contribution >= 4 is 0 Å². The molecular weight excluding hydrogens is 270 g/mol. The summed E-state index contributed by atoms with van der Waals surface area (Å²) in [7, 11) is 1.80. The predicted molar refractivity (Wildman–Crippen MR) is 92.9 cm³/mol. The summed E-state index contributed by atoms with van der Waals surface area (Å²) < 4.78 is 6.14. The van der Waals surface area contributed by atoms with Crippen molar-refractivity contribution in [2.75, 3.05) is 20.2 Å². The van der Waals surface area contributed by atoms with E-state index in [-0.39, 0.29) is 5.92 Å². The van der Waals surface area contributed by atoms with Crippen LogP contribution in [-0.2, 0) is 10.3 Å². The molecule has 0 saturated heterocycles. The summed E-state index contributed by atoms with van der Waals surface area (Å²) in [5.74, 6) is 0.266. The molecule has 0 aliphatic rings. The van der Waals surface area contributed by atoms with Gasteiger partial charge in [-0.2, -0.15) is 0 Å². The lowest BCUT2D eigenvalue weighted by Crippen LogP contribution is -2.42. The molecule has 0 aliphatic heterocycles. The molecule has 2 nitrogen and oxygen atoms in total. The van der Waals surface area contributed by atoms with Crippen molar-refractivity contribution in [1.29, 1.82) is 0 Å². The number of hydrogen-bond donors (Lipinski definition) is 1. The molecule has 2 aromatic rings. The summed E-state index contributed by atoms with van der Waals surface area (Å²) in [6.07, 6.45) is 1.88. The van der Waals surface area contributed by atoms with E-state index in [9.17, 15) is 0 Å². The van der Waals surface area contributed by atoms with Crippen LogP contribution in [0.25, 0.3) is 0 Å². The van der Waals surface area contributed by atoms with Gasteiger partial charge in [-0.05, 0) is 11.1 Å². The summed E-state index contributed by atoms with van der Waals surface area (Å²) in [5, 5.41) is 3.42. The molecule has 2 heteroatoms. The predicted octanol–water partition coefficient (Wildman–Crippen LogP) is 3.99. The van der Waals surface area contributed by atoms with Crippen LogP contribution in [0.4, 0.5) is 0 Å². The molecule has 0 amide bonds. The lowest BCUT2D eigenvalue weighted by Gasteiger charge is -2.39. The molecule has 1 N–H and O–H groups in total. The molecule has 2 rings (SSSR count). The number of rotatable bonds is 8. The molecule has 0 aromatic heterocycles. The molecule has 0 fully saturated rings. The van der Waals surface area contributed by atoms with E-state index >= 15 is 0 Å². The molecule has 0 aliphatic carbocycles. The molecule has 0 bridgehead atoms. The van der Waals surface area contributed by atoms with Crippen molar-refractivity contribution in [3.05, 3.63) is 84.4 Å². The fourth-order valence-corrected chi connectivity index (χ4v) is 3.09. The molecule has 1 atom stereocenters. The van der Waals surface area contributed by atoms with E-state index in [1.165, 1.54) is 11.1 Å². The maximum absolute atomic E-state index is 6.14. The van der Waals surface area contributed by atoms with Gasteiger partial charge in [0.25, 0.3) is 0 Å². The third-order valence-electron chi connectivity index (χ3n) is 4.16. The van der Waals surface area contributed by atoms with Crippen LogP contribution in [0.5, 0.6) is 0 Å². The average molecular weight is 295 g/mol. The second-order valence-corrected chi connectivity index (χ2v) is 5.52. The van der Waals surface area contributed by atoms with Crippen LogP contribution in [0, 0.1) is 5.92 Å². The maximum Gasteiger partial charge on any atom is 0.121 e. The first-order valence-electron chi connectivity index (χ1n) is 7.73. The SMILES string of the molecule is C=CCNCC(C)C(OC)(c1ccccc1)c1ccccc1. The van der Waals surface area contributed by atoms with Gasteiger partial charge < -0.3 is 10.1 Å². The fourth-order valence-electron chi connectivity index (χ4n) is 3.09. The van der Waals surface area contributed by atoms with Gasteiger partial charge in [-0.1, -0.05) is 73.7 Å². The van der Waals surface area contributed by atoms with Crippen LogP contribution in [0.2, 0.25) is 0 Å². The zero-order valence-corrected chi connectivity index (χ0v) is 13.5. The summed E-state index contributed by atoms with van der Waals surface area (Å²) >= 11 is 0. The standard InChI is InChI=1S/C20H25NO/c1-4-15-21-16-17(2)20(22-3,18-11-7-5-8-12-18)19-13-9-6-10-14-19/h4-14,17,21H,1,15-16H2,2-3H3. The van der Waals surface area contributed by atoms with E-state index in [2.05, 4.69) is 67.4 Å². The zero-order valence-electron chi connectivity index (χ0n) is 13.5. The Morgan fingerprint density at radius 3 is 1.95 bits per heavy atom. The highest BCUT2D eigenvalue weighted by atomic mass is 16.5. The Balaban J connectivity index is 2.45. The van der Waals surface area contributed by atoms with Crippen molar-refractivity contribution in [3.63, 3.8) is 0 Å². The Morgan fingerprint density at radius 2 is 1.55 bits per heavy atom. The van der Waals surface area contributed by atoms with Gasteiger partial charge in [-0.25, -0.2) is 0 Å². The van der Waals surface area contributed by atoms with E-state index in [1.807, 2.05) is 18.2 Å². The van der Waals surface area contributed by atoms with Gasteiger partial charge in [0.15, 0.2) is 0 Å². The van der Waals surface area contributed by atoms with Gasteiger partial charge in [0.2, 0.25) is 0 Å². The Morgan fingerprint density at radius 1 is 1.05 bits per heavy atom. The molecular formula is C20H25NO. The smallest absolute Gasteiger partial charge is 0.121 e. The van der Waals surface area contributed by atoms with E-state index < -0.39 is 5.60 Å². The van der Waals surface area contributed by atoms with E-state index in [4.69, 9.17) is 4.74 Å². The fraction of sp³-hybridized carbons (Fsp3) is 0.300. The molecule has 116 valence electrons. The monoisotopic (exact) mass is 295 g/mol. The molecule has 0 heterocycles. The van der Waals surface area contributed by atoms with Crippen molar-refractivity contribution in [3.8, 4) is 0 Å². The second-order valence-electron chi connectivity index (χ2n) is 5.52. The molecule has 0 saturated carbocycles. The van der Waals surface area contributed by atoms with E-state index in [1.54, 1.807) is 7.11 Å². The topological polar surface area (TPSA) is 21.3 Å². The summed E-state index contributed by atoms with van der Waals surface area (Å²) in [6.45, 7) is 7.63. The molecule has 2 aromatic carbocycles. The lowest BCUT2D eigenvalue weighted by molar-refractivity contribution is -0.0228. The Hall–Kier alpha value is -1.90. The number of nitrogens with one attached hydrogen (secondary N) is 1. The highest BCUT2D eigenvalue weighted by Gasteiger charge is 2.39. The van der Waals surface area contributed by atoms with Gasteiger partial charge in [0, 0.05) is 26.1 Å². The zero-order chi connectivity index (χ0) is 15.8. The van der Waals surface area contributed by atoms with E-state index in [0.29, 0.717) is 0 Å². The van der Waals surface area contributed by atoms with Crippen LogP contribution in [0.1, 0.15) is 18.1 Å². The lowest BCUT2D eigenvalue weighted by atomic mass is 9.76. The van der Waals surface area contributed by atoms with Crippen LogP contribution in [0.3, 0.4) is 0 Å². The van der Waals surface area contributed by atoms with Crippen LogP contribution < -0.4 is 5.32 Å². The summed E-state index contributed by atoms with van der Waals surface area (Å²) in [5.41, 5.74) is 1.89. The highest BCUT2D eigenvalue weighted by molar-refractivity contribution is 5.37. The molecule has 0 spiro atoms. The molecule has 22 heavy (non-hydrogen) atoms. The number of methoxy groups -OCH3 is 1. The van der Waals surface area contributed by atoms with E-state index in [0.717, 1.165) is 13.1 Å². The van der Waals surface area contributed by atoms with Crippen LogP contribution >= 0.6 is 0 Å². The Kier molecular flexibility index (Phi) is 5.93. The molecule has 1 unspecified atom stereocenters. The quantitative estimate of drug-likeness (QED) is 0.587. The van der Waals surface area contributed by atoms with Crippen LogP contribution in [0.15, 0.2) is 73.3 Å². The Labute approximate surface area is 133 Å². The van der Waals surface area contributed by atoms with Gasteiger partial charge in [0.05, 0.1) is 0 Å². The van der Waals surface area contributed by atoms with Crippen molar-refractivity contribution in [2.24, 2.45) is 5.92 Å². The third kappa shape index (κ3) is 3.29. The number of ether oxygens (including phenoxy) is 1. The van der Waals surface area contributed by atoms with Crippen molar-refractivity contribution in [2.45, 2.75) is 12.5 Å². The average Bonchev–Trinajstić information content (AvgIpc) is 2.58. The van der Waals surface area contributed by atoms with Crippen molar-refractivity contribution < 1.29 is 4.74 Å². The first kappa shape index (κ1) is 16.5. The van der Waals surface area contributed by atoms with Crippen LogP contribution in [-0.4, -0.2) is 20.2 Å². The first-order valence-corrected chi connectivity index (χ1v) is 7.73. The minimum absolute atomic E-state index is 0.266. The highest BCUT2D eigenvalue weighted by Crippen LogP contribution is 2.39. The maximum atomic E-state index is 6.14. The minimum Gasteiger partial charge on any atom is -0.368 e. The second kappa shape index (κ2) is 7.92. The Bertz CT molecular complexity index is 525. The third-order valence-corrected chi connectivity index (χ3v) is 4.16. The summed E-state index contributed by atoms with van der Waals surface area (Å²) in [4.78, 5) is 0. The minimum atomic E-state index is -0.462. The normalized spacial score (nSPS) is 12.8. The van der Waals surface area contributed by atoms with Gasteiger partial charge in [-0.3, -0.25) is 0 Å². The first-order chi connectivity index (χ1) is 10.8. The van der Waals surface area contributed by atoms with Gasteiger partial charge in [-0.15, -0.1) is 6.58 Å². The summed E-state index contributed by atoms with van der Waals surface area (Å²) in [6, 6.07) is 20.9. The number of benzene rings is 2. The van der Waals surface area contributed by atoms with Gasteiger partial charge in [0.1, 0.15) is 5.60 Å².